The molecule has 0 aliphatic carbocycles. The molecule has 0 bridgehead atoms. The standard InChI is InChI=1S/C27H26N2O3/c30-25(13-15-29-17-22-8-3-4-10-24(22)27(29)32)28-14-5-9-23(18-28)26(31)21-12-11-19-6-1-2-7-20(19)16-21/h1-4,6-8,10-12,16,23H,5,9,13-15,17-18H2. The number of nitrogens with zero attached hydrogens (tertiary/aromatic N) is 2. The van der Waals surface area contributed by atoms with E-state index in [4.69, 9.17) is 0 Å². The van der Waals surface area contributed by atoms with E-state index in [2.05, 4.69) is 0 Å². The SMILES string of the molecule is O=C(c1ccc2ccccc2c1)C1CCCN(C(=O)CCN2Cc3ccccc3C2=O)C1. The molecule has 1 unspecified atom stereocenters. The summed E-state index contributed by atoms with van der Waals surface area (Å²) in [4.78, 5) is 42.1. The topological polar surface area (TPSA) is 57.7 Å². The monoisotopic (exact) mass is 426 g/mol. The Balaban J connectivity index is 1.20. The highest BCUT2D eigenvalue weighted by atomic mass is 16.2. The van der Waals surface area contributed by atoms with E-state index in [9.17, 15) is 14.4 Å². The van der Waals surface area contributed by atoms with Crippen molar-refractivity contribution in [1.82, 2.24) is 9.80 Å². The molecule has 0 N–H and O–H groups in total. The Morgan fingerprint density at radius 1 is 0.938 bits per heavy atom. The summed E-state index contributed by atoms with van der Waals surface area (Å²) in [6.45, 7) is 2.10. The summed E-state index contributed by atoms with van der Waals surface area (Å²) in [5.41, 5.74) is 2.46. The molecule has 1 atom stereocenters. The molecule has 32 heavy (non-hydrogen) atoms. The molecule has 5 rings (SSSR count). The average molecular weight is 427 g/mol. The van der Waals surface area contributed by atoms with Gasteiger partial charge in [-0.1, -0.05) is 54.6 Å². The van der Waals surface area contributed by atoms with Crippen molar-refractivity contribution < 1.29 is 14.4 Å². The van der Waals surface area contributed by atoms with Crippen LogP contribution in [0.4, 0.5) is 0 Å². The van der Waals surface area contributed by atoms with Gasteiger partial charge < -0.3 is 9.80 Å². The number of carbonyl (C=O) groups excluding carboxylic acids is 3. The maximum absolute atomic E-state index is 13.2. The zero-order valence-electron chi connectivity index (χ0n) is 18.0. The van der Waals surface area contributed by atoms with E-state index in [1.54, 1.807) is 9.80 Å². The summed E-state index contributed by atoms with van der Waals surface area (Å²) >= 11 is 0. The van der Waals surface area contributed by atoms with Gasteiger partial charge in [0.15, 0.2) is 5.78 Å². The predicted molar refractivity (Wildman–Crippen MR) is 123 cm³/mol. The molecule has 0 spiro atoms. The second-order valence-electron chi connectivity index (χ2n) is 8.74. The first-order chi connectivity index (χ1) is 15.6. The Morgan fingerprint density at radius 3 is 2.56 bits per heavy atom. The van der Waals surface area contributed by atoms with Gasteiger partial charge in [-0.25, -0.2) is 0 Å². The number of carbonyl (C=O) groups is 3. The first kappa shape index (κ1) is 20.4. The molecule has 1 fully saturated rings. The lowest BCUT2D eigenvalue weighted by Gasteiger charge is -2.32. The summed E-state index contributed by atoms with van der Waals surface area (Å²) in [5, 5.41) is 2.17. The molecule has 162 valence electrons. The summed E-state index contributed by atoms with van der Waals surface area (Å²) in [5.74, 6) is -0.0499. The molecular formula is C27H26N2O3. The largest absolute Gasteiger partial charge is 0.342 e. The summed E-state index contributed by atoms with van der Waals surface area (Å²) in [6.07, 6.45) is 1.91. The molecule has 2 aliphatic rings. The lowest BCUT2D eigenvalue weighted by Crippen LogP contribution is -2.43. The highest BCUT2D eigenvalue weighted by Gasteiger charge is 2.31. The van der Waals surface area contributed by atoms with Gasteiger partial charge in [0.2, 0.25) is 5.91 Å². The van der Waals surface area contributed by atoms with E-state index >= 15 is 0 Å². The first-order valence-electron chi connectivity index (χ1n) is 11.3. The van der Waals surface area contributed by atoms with Gasteiger partial charge in [0.05, 0.1) is 0 Å². The molecule has 0 saturated carbocycles. The van der Waals surface area contributed by atoms with Crippen LogP contribution in [0.5, 0.6) is 0 Å². The van der Waals surface area contributed by atoms with Gasteiger partial charge >= 0.3 is 0 Å². The van der Waals surface area contributed by atoms with E-state index in [0.29, 0.717) is 31.7 Å². The summed E-state index contributed by atoms with van der Waals surface area (Å²) in [6, 6.07) is 21.4. The van der Waals surface area contributed by atoms with Gasteiger partial charge in [-0.05, 0) is 41.3 Å². The maximum atomic E-state index is 13.2. The number of ketones is 1. The van der Waals surface area contributed by atoms with Crippen molar-refractivity contribution >= 4 is 28.4 Å². The molecule has 2 aliphatic heterocycles. The van der Waals surface area contributed by atoms with Crippen LogP contribution in [0.3, 0.4) is 0 Å². The van der Waals surface area contributed by atoms with Crippen LogP contribution in [0, 0.1) is 5.92 Å². The third kappa shape index (κ3) is 3.91. The number of benzene rings is 3. The molecule has 1 saturated heterocycles. The predicted octanol–water partition coefficient (Wildman–Crippen LogP) is 4.31. The van der Waals surface area contributed by atoms with E-state index in [1.165, 1.54) is 0 Å². The first-order valence-corrected chi connectivity index (χ1v) is 11.3. The normalized spacial score (nSPS) is 18.1. The summed E-state index contributed by atoms with van der Waals surface area (Å²) < 4.78 is 0. The van der Waals surface area contributed by atoms with Crippen molar-refractivity contribution in [2.24, 2.45) is 5.92 Å². The summed E-state index contributed by atoms with van der Waals surface area (Å²) in [7, 11) is 0. The van der Waals surface area contributed by atoms with Gasteiger partial charge in [-0.15, -0.1) is 0 Å². The molecule has 5 heteroatoms. The molecule has 2 heterocycles. The number of amides is 2. The molecule has 0 radical (unpaired) electrons. The van der Waals surface area contributed by atoms with Crippen LogP contribution in [0.15, 0.2) is 66.7 Å². The van der Waals surface area contributed by atoms with Crippen LogP contribution in [0.25, 0.3) is 10.8 Å². The smallest absolute Gasteiger partial charge is 0.254 e. The van der Waals surface area contributed by atoms with E-state index < -0.39 is 0 Å². The van der Waals surface area contributed by atoms with Crippen molar-refractivity contribution in [3.05, 3.63) is 83.4 Å². The van der Waals surface area contributed by atoms with Crippen LogP contribution < -0.4 is 0 Å². The number of likely N-dealkylation sites (tertiary alicyclic amines) is 1. The van der Waals surface area contributed by atoms with Crippen molar-refractivity contribution in [2.75, 3.05) is 19.6 Å². The average Bonchev–Trinajstić information content (AvgIpc) is 3.17. The van der Waals surface area contributed by atoms with E-state index in [1.807, 2.05) is 66.7 Å². The number of fused-ring (bicyclic) bond motifs is 2. The molecule has 0 aromatic heterocycles. The fraction of sp³-hybridized carbons (Fsp3) is 0.296. The third-order valence-electron chi connectivity index (χ3n) is 6.67. The molecule has 5 nitrogen and oxygen atoms in total. The third-order valence-corrected chi connectivity index (χ3v) is 6.67. The van der Waals surface area contributed by atoms with Gasteiger partial charge in [-0.3, -0.25) is 14.4 Å². The van der Waals surface area contributed by atoms with Gasteiger partial charge in [0.1, 0.15) is 0 Å². The van der Waals surface area contributed by atoms with Crippen molar-refractivity contribution in [3.8, 4) is 0 Å². The molecule has 2 amide bonds. The zero-order chi connectivity index (χ0) is 22.1. The fourth-order valence-corrected chi connectivity index (χ4v) is 4.88. The fourth-order valence-electron chi connectivity index (χ4n) is 4.88. The van der Waals surface area contributed by atoms with Crippen LogP contribution in [-0.2, 0) is 11.3 Å². The maximum Gasteiger partial charge on any atom is 0.254 e. The molecule has 3 aromatic carbocycles. The van der Waals surface area contributed by atoms with Crippen LogP contribution in [-0.4, -0.2) is 47.0 Å². The zero-order valence-corrected chi connectivity index (χ0v) is 18.0. The van der Waals surface area contributed by atoms with Crippen molar-refractivity contribution in [2.45, 2.75) is 25.8 Å². The van der Waals surface area contributed by atoms with Crippen LogP contribution in [0.1, 0.15) is 45.5 Å². The Labute approximate surface area is 187 Å². The Morgan fingerprint density at radius 2 is 1.72 bits per heavy atom. The Kier molecular flexibility index (Phi) is 5.48. The quantitative estimate of drug-likeness (QED) is 0.572. The van der Waals surface area contributed by atoms with Gasteiger partial charge in [-0.2, -0.15) is 0 Å². The minimum Gasteiger partial charge on any atom is -0.342 e. The number of hydrogen-bond acceptors (Lipinski definition) is 3. The van der Waals surface area contributed by atoms with Crippen molar-refractivity contribution in [3.63, 3.8) is 0 Å². The number of hydrogen-bond donors (Lipinski definition) is 0. The number of Topliss-reactive ketones (excluding diaryl/α,β-unsaturated/α-hetero) is 1. The highest BCUT2D eigenvalue weighted by molar-refractivity contribution is 6.01. The van der Waals surface area contributed by atoms with Crippen LogP contribution in [0.2, 0.25) is 0 Å². The minimum absolute atomic E-state index is 0.00333. The number of rotatable bonds is 5. The van der Waals surface area contributed by atoms with Gasteiger partial charge in [0.25, 0.3) is 5.91 Å². The second-order valence-corrected chi connectivity index (χ2v) is 8.74. The highest BCUT2D eigenvalue weighted by Crippen LogP contribution is 2.25. The van der Waals surface area contributed by atoms with Crippen molar-refractivity contribution in [1.29, 1.82) is 0 Å². The van der Waals surface area contributed by atoms with Gasteiger partial charge in [0, 0.05) is 49.6 Å². The molecular weight excluding hydrogens is 400 g/mol. The lowest BCUT2D eigenvalue weighted by atomic mass is 9.89. The lowest BCUT2D eigenvalue weighted by molar-refractivity contribution is -0.132. The van der Waals surface area contributed by atoms with Crippen LogP contribution >= 0.6 is 0 Å². The Hall–Kier alpha value is -3.47. The number of piperidine rings is 1. The van der Waals surface area contributed by atoms with E-state index in [-0.39, 0.29) is 29.9 Å². The molecule has 3 aromatic rings. The Bertz CT molecular complexity index is 1200. The minimum atomic E-state index is -0.175. The van der Waals surface area contributed by atoms with E-state index in [0.717, 1.165) is 34.7 Å². The second kappa shape index (κ2) is 8.58.